The highest BCUT2D eigenvalue weighted by atomic mass is 35.5. The molecule has 1 aliphatic heterocycles. The number of amides is 2. The quantitative estimate of drug-likeness (QED) is 0.940. The molecule has 4 nitrogen and oxygen atoms in total. The van der Waals surface area contributed by atoms with Crippen LogP contribution in [0.1, 0.15) is 27.9 Å². The van der Waals surface area contributed by atoms with Crippen LogP contribution in [0, 0.1) is 0 Å². The molecule has 23 heavy (non-hydrogen) atoms. The van der Waals surface area contributed by atoms with Gasteiger partial charge in [0, 0.05) is 36.3 Å². The van der Waals surface area contributed by atoms with Crippen molar-refractivity contribution < 1.29 is 9.59 Å². The first-order chi connectivity index (χ1) is 11.0. The zero-order valence-electron chi connectivity index (χ0n) is 12.8. The molecule has 0 aliphatic carbocycles. The second kappa shape index (κ2) is 6.42. The summed E-state index contributed by atoms with van der Waals surface area (Å²) in [6, 6.07) is 12.8. The van der Waals surface area contributed by atoms with Gasteiger partial charge in [-0.15, -0.1) is 0 Å². The Morgan fingerprint density at radius 1 is 1.22 bits per heavy atom. The van der Waals surface area contributed by atoms with Gasteiger partial charge in [-0.2, -0.15) is 0 Å². The third-order valence-electron chi connectivity index (χ3n) is 4.03. The molecule has 1 aliphatic rings. The number of benzene rings is 2. The van der Waals surface area contributed by atoms with E-state index < -0.39 is 0 Å². The van der Waals surface area contributed by atoms with Crippen molar-refractivity contribution in [2.45, 2.75) is 19.4 Å². The van der Waals surface area contributed by atoms with E-state index in [1.54, 1.807) is 36.2 Å². The minimum Gasteiger partial charge on any atom is -0.348 e. The minimum absolute atomic E-state index is 0.138. The average molecular weight is 329 g/mol. The Kier molecular flexibility index (Phi) is 4.35. The molecule has 0 aromatic heterocycles. The molecule has 0 atom stereocenters. The lowest BCUT2D eigenvalue weighted by Crippen LogP contribution is -2.31. The monoisotopic (exact) mass is 328 g/mol. The number of carbonyl (C=O) groups excluding carboxylic acids is 2. The average Bonchev–Trinajstić information content (AvgIpc) is 2.56. The van der Waals surface area contributed by atoms with Gasteiger partial charge in [-0.3, -0.25) is 9.59 Å². The van der Waals surface area contributed by atoms with Crippen LogP contribution in [0.3, 0.4) is 0 Å². The van der Waals surface area contributed by atoms with Gasteiger partial charge >= 0.3 is 0 Å². The topological polar surface area (TPSA) is 49.4 Å². The summed E-state index contributed by atoms with van der Waals surface area (Å²) >= 11 is 5.90. The van der Waals surface area contributed by atoms with Gasteiger partial charge in [0.2, 0.25) is 5.91 Å². The molecular formula is C18H17ClN2O2. The molecule has 0 spiro atoms. The van der Waals surface area contributed by atoms with Crippen molar-refractivity contribution >= 4 is 29.1 Å². The summed E-state index contributed by atoms with van der Waals surface area (Å²) in [5.74, 6) is -0.0166. The van der Waals surface area contributed by atoms with Gasteiger partial charge in [0.25, 0.3) is 5.91 Å². The first kappa shape index (κ1) is 15.6. The molecule has 2 amide bonds. The van der Waals surface area contributed by atoms with Gasteiger partial charge in [-0.1, -0.05) is 29.8 Å². The van der Waals surface area contributed by atoms with Crippen LogP contribution in [0.15, 0.2) is 42.5 Å². The number of halogens is 1. The summed E-state index contributed by atoms with van der Waals surface area (Å²) in [6.45, 7) is 0.441. The highest BCUT2D eigenvalue weighted by Crippen LogP contribution is 2.27. The molecule has 5 heteroatoms. The van der Waals surface area contributed by atoms with Gasteiger partial charge < -0.3 is 10.2 Å². The third kappa shape index (κ3) is 3.37. The van der Waals surface area contributed by atoms with Crippen LogP contribution in [0.4, 0.5) is 5.69 Å². The molecule has 0 unspecified atom stereocenters. The predicted molar refractivity (Wildman–Crippen MR) is 90.8 cm³/mol. The summed E-state index contributed by atoms with van der Waals surface area (Å²) in [5, 5.41) is 3.43. The molecule has 118 valence electrons. The number of nitrogens with one attached hydrogen (secondary N) is 1. The Balaban J connectivity index is 1.70. The molecule has 0 radical (unpaired) electrons. The van der Waals surface area contributed by atoms with E-state index in [9.17, 15) is 9.59 Å². The van der Waals surface area contributed by atoms with Crippen molar-refractivity contribution in [2.75, 3.05) is 11.9 Å². The van der Waals surface area contributed by atoms with E-state index in [1.807, 2.05) is 12.1 Å². The van der Waals surface area contributed by atoms with E-state index in [1.165, 1.54) is 0 Å². The minimum atomic E-state index is -0.155. The number of fused-ring (bicyclic) bond motifs is 1. The van der Waals surface area contributed by atoms with Gasteiger partial charge in [0.05, 0.1) is 0 Å². The third-order valence-corrected chi connectivity index (χ3v) is 4.26. The van der Waals surface area contributed by atoms with Crippen molar-refractivity contribution in [2.24, 2.45) is 0 Å². The van der Waals surface area contributed by atoms with Gasteiger partial charge in [0.1, 0.15) is 0 Å². The predicted octanol–water partition coefficient (Wildman–Crippen LogP) is 3.18. The van der Waals surface area contributed by atoms with Crippen LogP contribution >= 0.6 is 11.6 Å². The van der Waals surface area contributed by atoms with E-state index in [2.05, 4.69) is 11.4 Å². The number of anilines is 1. The fourth-order valence-corrected chi connectivity index (χ4v) is 2.92. The van der Waals surface area contributed by atoms with Crippen LogP contribution in [-0.4, -0.2) is 18.9 Å². The lowest BCUT2D eigenvalue weighted by atomic mass is 9.99. The first-order valence-corrected chi connectivity index (χ1v) is 7.84. The first-order valence-electron chi connectivity index (χ1n) is 7.47. The lowest BCUT2D eigenvalue weighted by Gasteiger charge is -2.26. The van der Waals surface area contributed by atoms with Crippen LogP contribution in [0.25, 0.3) is 0 Å². The van der Waals surface area contributed by atoms with Crippen LogP contribution in [0.5, 0.6) is 0 Å². The lowest BCUT2D eigenvalue weighted by molar-refractivity contribution is -0.118. The zero-order chi connectivity index (χ0) is 16.4. The van der Waals surface area contributed by atoms with Crippen molar-refractivity contribution in [3.63, 3.8) is 0 Å². The van der Waals surface area contributed by atoms with Gasteiger partial charge in [-0.05, 0) is 41.8 Å². The fourth-order valence-electron chi connectivity index (χ4n) is 2.73. The van der Waals surface area contributed by atoms with E-state index >= 15 is 0 Å². The highest BCUT2D eigenvalue weighted by molar-refractivity contribution is 6.30. The number of rotatable bonds is 3. The summed E-state index contributed by atoms with van der Waals surface area (Å²) in [6.07, 6.45) is 1.27. The number of nitrogens with zero attached hydrogens (tertiary/aromatic N) is 1. The molecule has 1 N–H and O–H groups in total. The van der Waals surface area contributed by atoms with Crippen molar-refractivity contribution in [3.8, 4) is 0 Å². The van der Waals surface area contributed by atoms with Crippen LogP contribution in [-0.2, 0) is 17.8 Å². The maximum Gasteiger partial charge on any atom is 0.251 e. The van der Waals surface area contributed by atoms with Crippen LogP contribution in [0.2, 0.25) is 5.02 Å². The van der Waals surface area contributed by atoms with Gasteiger partial charge in [-0.25, -0.2) is 0 Å². The summed E-state index contributed by atoms with van der Waals surface area (Å²) in [7, 11) is 1.79. The molecule has 1 heterocycles. The molecule has 0 saturated heterocycles. The van der Waals surface area contributed by atoms with Crippen molar-refractivity contribution in [1.29, 1.82) is 0 Å². The molecule has 0 saturated carbocycles. The normalized spacial score (nSPS) is 13.7. The SMILES string of the molecule is CN1C(=O)CCc2cc(CNC(=O)c3cccc(Cl)c3)ccc21. The maximum absolute atomic E-state index is 12.1. The number of aryl methyl sites for hydroxylation is 1. The summed E-state index contributed by atoms with van der Waals surface area (Å²) in [4.78, 5) is 25.5. The van der Waals surface area contributed by atoms with Gasteiger partial charge in [0.15, 0.2) is 0 Å². The number of hydrogen-bond donors (Lipinski definition) is 1. The molecule has 2 aromatic rings. The van der Waals surface area contributed by atoms with E-state index in [0.29, 0.717) is 23.6 Å². The molecule has 2 aromatic carbocycles. The van der Waals surface area contributed by atoms with Crippen LogP contribution < -0.4 is 10.2 Å². The Morgan fingerprint density at radius 3 is 2.83 bits per heavy atom. The van der Waals surface area contributed by atoms with E-state index in [-0.39, 0.29) is 11.8 Å². The highest BCUT2D eigenvalue weighted by Gasteiger charge is 2.20. The summed E-state index contributed by atoms with van der Waals surface area (Å²) in [5.41, 5.74) is 3.65. The van der Waals surface area contributed by atoms with E-state index in [0.717, 1.165) is 23.2 Å². The Bertz CT molecular complexity index is 773. The second-order valence-corrected chi connectivity index (χ2v) is 6.05. The smallest absolute Gasteiger partial charge is 0.251 e. The molecule has 0 bridgehead atoms. The standard InChI is InChI=1S/C18H17ClN2O2/c1-21-16-7-5-12(9-13(16)6-8-17(21)22)11-20-18(23)14-3-2-4-15(19)10-14/h2-5,7,9-10H,6,8,11H2,1H3,(H,20,23). The van der Waals surface area contributed by atoms with E-state index in [4.69, 9.17) is 11.6 Å². The second-order valence-electron chi connectivity index (χ2n) is 5.61. The Morgan fingerprint density at radius 2 is 2.04 bits per heavy atom. The van der Waals surface area contributed by atoms with Crippen molar-refractivity contribution in [3.05, 3.63) is 64.2 Å². The molecule has 0 fully saturated rings. The zero-order valence-corrected chi connectivity index (χ0v) is 13.6. The fraction of sp³-hybridized carbons (Fsp3) is 0.222. The number of hydrogen-bond acceptors (Lipinski definition) is 2. The van der Waals surface area contributed by atoms with Crippen molar-refractivity contribution in [1.82, 2.24) is 5.32 Å². The largest absolute Gasteiger partial charge is 0.348 e. The number of carbonyl (C=O) groups is 2. The Hall–Kier alpha value is -2.33. The maximum atomic E-state index is 12.1. The molecule has 3 rings (SSSR count). The molecular weight excluding hydrogens is 312 g/mol. The Labute approximate surface area is 140 Å². The summed E-state index contributed by atoms with van der Waals surface area (Å²) < 4.78 is 0.